The third kappa shape index (κ3) is 1.67. The van der Waals surface area contributed by atoms with Gasteiger partial charge in [-0.05, 0) is 12.5 Å². The molecule has 1 unspecified atom stereocenters. The van der Waals surface area contributed by atoms with Gasteiger partial charge in [0.25, 0.3) is 0 Å². The Kier molecular flexibility index (Phi) is 2.63. The fourth-order valence-electron chi connectivity index (χ4n) is 1.76. The number of nitrogens with two attached hydrogens (primary N) is 1. The molecule has 16 heavy (non-hydrogen) atoms. The zero-order valence-electron chi connectivity index (χ0n) is 9.18. The van der Waals surface area contributed by atoms with E-state index in [4.69, 9.17) is 5.73 Å². The molecule has 0 saturated carbocycles. The predicted molar refractivity (Wildman–Crippen MR) is 65.5 cm³/mol. The van der Waals surface area contributed by atoms with Gasteiger partial charge in [0.2, 0.25) is 5.91 Å². The van der Waals surface area contributed by atoms with Crippen molar-refractivity contribution in [2.24, 2.45) is 10.8 Å². The highest BCUT2D eigenvalue weighted by molar-refractivity contribution is 8.14. The van der Waals surface area contributed by atoms with Crippen molar-refractivity contribution < 1.29 is 4.79 Å². The fourth-order valence-corrected chi connectivity index (χ4v) is 2.80. The van der Waals surface area contributed by atoms with Gasteiger partial charge in [0.1, 0.15) is 4.87 Å². The zero-order chi connectivity index (χ0) is 11.8. The Morgan fingerprint density at radius 3 is 2.62 bits per heavy atom. The van der Waals surface area contributed by atoms with Crippen LogP contribution in [0.1, 0.15) is 19.4 Å². The van der Waals surface area contributed by atoms with Crippen molar-refractivity contribution in [3.8, 4) is 0 Å². The number of hydrogen-bond acceptors (Lipinski definition) is 4. The minimum Gasteiger partial charge on any atom is -0.377 e. The lowest BCUT2D eigenvalue weighted by atomic mass is 10.1. The van der Waals surface area contributed by atoms with Crippen LogP contribution in [0.4, 0.5) is 0 Å². The monoisotopic (exact) mass is 235 g/mol. The molecule has 0 aromatic heterocycles. The van der Waals surface area contributed by atoms with E-state index >= 15 is 0 Å². The Hall–Kier alpha value is -1.49. The highest BCUT2D eigenvalue weighted by Crippen LogP contribution is 2.44. The van der Waals surface area contributed by atoms with Crippen LogP contribution < -0.4 is 5.73 Å². The molecule has 0 radical (unpaired) electrons. The second kappa shape index (κ2) is 3.83. The van der Waals surface area contributed by atoms with E-state index in [0.29, 0.717) is 5.17 Å². The summed E-state index contributed by atoms with van der Waals surface area (Å²) in [6.45, 7) is 3.43. The molecule has 0 fully saturated rings. The molecule has 2 N–H and O–H groups in total. The number of carbonyl (C=O) groups is 1. The van der Waals surface area contributed by atoms with Crippen LogP contribution in [-0.4, -0.2) is 16.1 Å². The van der Waals surface area contributed by atoms with Crippen molar-refractivity contribution in [2.45, 2.75) is 18.7 Å². The summed E-state index contributed by atoms with van der Waals surface area (Å²) in [5.74, 6) is -0.112. The molecule has 0 bridgehead atoms. The standard InChI is InChI=1S/C11H13N3OS/c1-8(15)14-11(2,16-10(12)13-14)9-6-4-3-5-7-9/h3-7H,1-2H3,(H2,12,13). The van der Waals surface area contributed by atoms with Gasteiger partial charge < -0.3 is 5.73 Å². The van der Waals surface area contributed by atoms with E-state index in [9.17, 15) is 4.79 Å². The second-order valence-electron chi connectivity index (χ2n) is 3.72. The van der Waals surface area contributed by atoms with Crippen LogP contribution in [0, 0.1) is 0 Å². The lowest BCUT2D eigenvalue weighted by molar-refractivity contribution is -0.131. The Balaban J connectivity index is 2.43. The molecule has 84 valence electrons. The maximum atomic E-state index is 11.5. The summed E-state index contributed by atoms with van der Waals surface area (Å²) in [5.41, 5.74) is 6.71. The number of hydrogen-bond donors (Lipinski definition) is 1. The second-order valence-corrected chi connectivity index (χ2v) is 5.14. The van der Waals surface area contributed by atoms with Crippen LogP contribution >= 0.6 is 11.8 Å². The first-order valence-corrected chi connectivity index (χ1v) is 5.75. The van der Waals surface area contributed by atoms with E-state index < -0.39 is 4.87 Å². The lowest BCUT2D eigenvalue weighted by Gasteiger charge is -2.30. The first-order chi connectivity index (χ1) is 7.54. The molecular formula is C11H13N3OS. The lowest BCUT2D eigenvalue weighted by Crippen LogP contribution is -2.37. The molecule has 0 saturated heterocycles. The van der Waals surface area contributed by atoms with Gasteiger partial charge in [-0.1, -0.05) is 42.1 Å². The van der Waals surface area contributed by atoms with Gasteiger partial charge in [-0.2, -0.15) is 0 Å². The van der Waals surface area contributed by atoms with Crippen LogP contribution in [0.5, 0.6) is 0 Å². The van der Waals surface area contributed by atoms with Gasteiger partial charge in [-0.3, -0.25) is 4.79 Å². The number of thioether (sulfide) groups is 1. The van der Waals surface area contributed by atoms with Crippen molar-refractivity contribution >= 4 is 22.8 Å². The molecular weight excluding hydrogens is 222 g/mol. The van der Waals surface area contributed by atoms with Gasteiger partial charge in [-0.15, -0.1) is 5.10 Å². The molecule has 4 nitrogen and oxygen atoms in total. The quantitative estimate of drug-likeness (QED) is 0.805. The number of amidine groups is 1. The molecule has 1 aromatic carbocycles. The van der Waals surface area contributed by atoms with Gasteiger partial charge in [0.15, 0.2) is 5.17 Å². The molecule has 1 heterocycles. The highest BCUT2D eigenvalue weighted by atomic mass is 32.2. The Labute approximate surface area is 98.5 Å². The van der Waals surface area contributed by atoms with Crippen molar-refractivity contribution in [1.29, 1.82) is 0 Å². The first-order valence-electron chi connectivity index (χ1n) is 4.93. The summed E-state index contributed by atoms with van der Waals surface area (Å²) in [4.78, 5) is 11.0. The van der Waals surface area contributed by atoms with E-state index in [0.717, 1.165) is 5.56 Å². The van der Waals surface area contributed by atoms with Crippen molar-refractivity contribution in [3.63, 3.8) is 0 Å². The van der Waals surface area contributed by atoms with Crippen LogP contribution in [0.15, 0.2) is 35.4 Å². The van der Waals surface area contributed by atoms with E-state index in [-0.39, 0.29) is 5.91 Å². The van der Waals surface area contributed by atoms with Crippen molar-refractivity contribution in [2.75, 3.05) is 0 Å². The minimum absolute atomic E-state index is 0.112. The van der Waals surface area contributed by atoms with Gasteiger partial charge in [-0.25, -0.2) is 5.01 Å². The molecule has 0 spiro atoms. The van der Waals surface area contributed by atoms with E-state index in [1.165, 1.54) is 23.7 Å². The third-order valence-corrected chi connectivity index (χ3v) is 3.61. The van der Waals surface area contributed by atoms with Crippen molar-refractivity contribution in [3.05, 3.63) is 35.9 Å². The molecule has 1 amide bonds. The number of carbonyl (C=O) groups excluding carboxylic acids is 1. The number of benzene rings is 1. The molecule has 1 aliphatic heterocycles. The van der Waals surface area contributed by atoms with Crippen molar-refractivity contribution in [1.82, 2.24) is 5.01 Å². The van der Waals surface area contributed by atoms with E-state index in [1.54, 1.807) is 0 Å². The molecule has 1 aliphatic rings. The number of amides is 1. The van der Waals surface area contributed by atoms with Crippen LogP contribution in [-0.2, 0) is 9.67 Å². The number of rotatable bonds is 1. The smallest absolute Gasteiger partial charge is 0.241 e. The summed E-state index contributed by atoms with van der Waals surface area (Å²) in [5, 5.41) is 5.91. The largest absolute Gasteiger partial charge is 0.377 e. The van der Waals surface area contributed by atoms with Gasteiger partial charge in [0.05, 0.1) is 0 Å². The van der Waals surface area contributed by atoms with Crippen LogP contribution in [0.25, 0.3) is 0 Å². The Morgan fingerprint density at radius 2 is 2.06 bits per heavy atom. The summed E-state index contributed by atoms with van der Waals surface area (Å²) in [6, 6.07) is 9.75. The maximum Gasteiger partial charge on any atom is 0.241 e. The summed E-state index contributed by atoms with van der Waals surface area (Å²) in [6.07, 6.45) is 0. The summed E-state index contributed by atoms with van der Waals surface area (Å²) < 4.78 is 0. The molecule has 1 atom stereocenters. The molecule has 0 aliphatic carbocycles. The minimum atomic E-state index is -0.531. The van der Waals surface area contributed by atoms with Crippen LogP contribution in [0.3, 0.4) is 0 Å². The molecule has 1 aromatic rings. The fraction of sp³-hybridized carbons (Fsp3) is 0.273. The van der Waals surface area contributed by atoms with E-state index in [1.807, 2.05) is 37.3 Å². The molecule has 2 rings (SSSR count). The van der Waals surface area contributed by atoms with E-state index in [2.05, 4.69) is 5.10 Å². The highest BCUT2D eigenvalue weighted by Gasteiger charge is 2.42. The third-order valence-electron chi connectivity index (χ3n) is 2.51. The normalized spacial score (nSPS) is 24.4. The van der Waals surface area contributed by atoms with Gasteiger partial charge >= 0.3 is 0 Å². The van der Waals surface area contributed by atoms with Gasteiger partial charge in [0, 0.05) is 6.92 Å². The zero-order valence-corrected chi connectivity index (χ0v) is 9.99. The average Bonchev–Trinajstić information content (AvgIpc) is 2.57. The Bertz CT molecular complexity index is 446. The SMILES string of the molecule is CC(=O)N1N=C(N)SC1(C)c1ccccc1. The Morgan fingerprint density at radius 1 is 1.44 bits per heavy atom. The average molecular weight is 235 g/mol. The maximum absolute atomic E-state index is 11.5. The first kappa shape index (κ1) is 11.0. The predicted octanol–water partition coefficient (Wildman–Crippen LogP) is 1.68. The number of hydrazone groups is 1. The topological polar surface area (TPSA) is 58.7 Å². The summed E-state index contributed by atoms with van der Waals surface area (Å²) >= 11 is 1.39. The molecule has 5 heteroatoms. The summed E-state index contributed by atoms with van der Waals surface area (Å²) in [7, 11) is 0. The number of nitrogens with zero attached hydrogens (tertiary/aromatic N) is 2. The van der Waals surface area contributed by atoms with Crippen LogP contribution in [0.2, 0.25) is 0 Å².